The summed E-state index contributed by atoms with van der Waals surface area (Å²) in [6.07, 6.45) is 2.65. The van der Waals surface area contributed by atoms with Crippen molar-refractivity contribution in [2.24, 2.45) is 0 Å². The zero-order valence-electron chi connectivity index (χ0n) is 11.7. The minimum absolute atomic E-state index is 0.474. The van der Waals surface area contributed by atoms with Crippen molar-refractivity contribution in [2.45, 2.75) is 31.3 Å². The molecule has 0 nitrogen and oxygen atoms in total. The van der Waals surface area contributed by atoms with Gasteiger partial charge in [-0.05, 0) is 17.3 Å². The van der Waals surface area contributed by atoms with Crippen LogP contribution in [-0.4, -0.2) is 5.75 Å². The molecule has 0 saturated carbocycles. The summed E-state index contributed by atoms with van der Waals surface area (Å²) >= 11 is 0. The minimum atomic E-state index is 0.474. The zero-order valence-corrected chi connectivity index (χ0v) is 12.5. The van der Waals surface area contributed by atoms with Crippen molar-refractivity contribution in [3.05, 3.63) is 71.8 Å². The summed E-state index contributed by atoms with van der Waals surface area (Å²) in [6, 6.07) is 21.9. The molecule has 19 heavy (non-hydrogen) atoms. The molecule has 0 aliphatic carbocycles. The molecule has 1 heteroatoms. The van der Waals surface area contributed by atoms with Gasteiger partial charge in [0.15, 0.2) is 0 Å². The van der Waals surface area contributed by atoms with Crippen LogP contribution in [0.5, 0.6) is 0 Å². The van der Waals surface area contributed by atoms with Crippen molar-refractivity contribution in [3.8, 4) is 0 Å². The van der Waals surface area contributed by atoms with Crippen molar-refractivity contribution < 1.29 is 0 Å². The predicted octanol–water partition coefficient (Wildman–Crippen LogP) is 4.81. The molecule has 2 aromatic carbocycles. The second-order valence-corrected chi connectivity index (χ2v) is 7.14. The summed E-state index contributed by atoms with van der Waals surface area (Å²) in [5.74, 6) is 3.83. The Morgan fingerprint density at radius 1 is 0.737 bits per heavy atom. The van der Waals surface area contributed by atoms with E-state index in [-0.39, 0.29) is 0 Å². The fourth-order valence-corrected chi connectivity index (χ4v) is 4.58. The molecule has 0 heterocycles. The lowest BCUT2D eigenvalue weighted by atomic mass is 10.2. The van der Waals surface area contributed by atoms with E-state index < -0.39 is 0 Å². The van der Waals surface area contributed by atoms with Crippen LogP contribution in [0.25, 0.3) is 0 Å². The molecule has 0 radical (unpaired) electrons. The molecule has 0 atom stereocenters. The van der Waals surface area contributed by atoms with Crippen molar-refractivity contribution in [1.82, 2.24) is 0 Å². The van der Waals surface area contributed by atoms with Crippen LogP contribution in [-0.2, 0) is 22.4 Å². The SMILES string of the molecule is CCCC[S+](Cc1ccccc1)Cc1ccccc1. The summed E-state index contributed by atoms with van der Waals surface area (Å²) in [4.78, 5) is 0. The van der Waals surface area contributed by atoms with Crippen LogP contribution in [0.15, 0.2) is 60.7 Å². The highest BCUT2D eigenvalue weighted by Crippen LogP contribution is 2.16. The molecule has 0 saturated heterocycles. The third-order valence-electron chi connectivity index (χ3n) is 3.21. The molecule has 0 fully saturated rings. The first-order chi connectivity index (χ1) is 9.38. The van der Waals surface area contributed by atoms with Crippen LogP contribution in [0.3, 0.4) is 0 Å². The van der Waals surface area contributed by atoms with E-state index in [1.54, 1.807) is 0 Å². The van der Waals surface area contributed by atoms with Gasteiger partial charge < -0.3 is 0 Å². The van der Waals surface area contributed by atoms with E-state index in [1.165, 1.54) is 41.2 Å². The highest BCUT2D eigenvalue weighted by Gasteiger charge is 2.18. The average Bonchev–Trinajstić information content (AvgIpc) is 2.47. The largest absolute Gasteiger partial charge is 0.133 e. The summed E-state index contributed by atoms with van der Waals surface area (Å²) in [5, 5.41) is 0. The van der Waals surface area contributed by atoms with Crippen molar-refractivity contribution in [2.75, 3.05) is 5.75 Å². The number of unbranched alkanes of at least 4 members (excludes halogenated alkanes) is 1. The minimum Gasteiger partial charge on any atom is -0.0652 e. The Balaban J connectivity index is 1.99. The van der Waals surface area contributed by atoms with Crippen LogP contribution >= 0.6 is 0 Å². The second kappa shape index (κ2) is 8.06. The predicted molar refractivity (Wildman–Crippen MR) is 87.4 cm³/mol. The first-order valence-electron chi connectivity index (χ1n) is 7.10. The van der Waals surface area contributed by atoms with Gasteiger partial charge in [0.1, 0.15) is 17.3 Å². The summed E-state index contributed by atoms with van der Waals surface area (Å²) in [6.45, 7) is 2.28. The Hall–Kier alpha value is -1.21. The van der Waals surface area contributed by atoms with E-state index in [9.17, 15) is 0 Å². The van der Waals surface area contributed by atoms with E-state index in [4.69, 9.17) is 0 Å². The summed E-state index contributed by atoms with van der Waals surface area (Å²) in [5.41, 5.74) is 2.97. The molecular formula is C18H23S+. The van der Waals surface area contributed by atoms with E-state index in [0.717, 1.165) is 0 Å². The molecule has 0 aliphatic heterocycles. The lowest BCUT2D eigenvalue weighted by Gasteiger charge is -2.09. The molecule has 0 aromatic heterocycles. The number of hydrogen-bond acceptors (Lipinski definition) is 0. The Morgan fingerprint density at radius 3 is 1.63 bits per heavy atom. The lowest BCUT2D eigenvalue weighted by molar-refractivity contribution is 0.890. The van der Waals surface area contributed by atoms with Crippen molar-refractivity contribution in [3.63, 3.8) is 0 Å². The second-order valence-electron chi connectivity index (χ2n) is 4.93. The monoisotopic (exact) mass is 271 g/mol. The van der Waals surface area contributed by atoms with Crippen LogP contribution in [0, 0.1) is 0 Å². The molecule has 0 bridgehead atoms. The van der Waals surface area contributed by atoms with Gasteiger partial charge in [-0.3, -0.25) is 0 Å². The topological polar surface area (TPSA) is 0 Å². The maximum atomic E-state index is 2.28. The average molecular weight is 271 g/mol. The Bertz CT molecular complexity index is 408. The molecule has 0 N–H and O–H groups in total. The van der Waals surface area contributed by atoms with Crippen molar-refractivity contribution >= 4 is 10.9 Å². The van der Waals surface area contributed by atoms with Gasteiger partial charge in [0, 0.05) is 11.1 Å². The molecular weight excluding hydrogens is 248 g/mol. The molecule has 0 aliphatic rings. The van der Waals surface area contributed by atoms with E-state index in [0.29, 0.717) is 10.9 Å². The maximum Gasteiger partial charge on any atom is 0.133 e. The molecule has 0 spiro atoms. The van der Waals surface area contributed by atoms with E-state index in [2.05, 4.69) is 67.6 Å². The first kappa shape index (κ1) is 14.2. The van der Waals surface area contributed by atoms with Gasteiger partial charge in [-0.15, -0.1) is 0 Å². The Morgan fingerprint density at radius 2 is 1.21 bits per heavy atom. The number of rotatable bonds is 7. The standard InChI is InChI=1S/C18H23S/c1-2-3-14-19(15-17-10-6-4-7-11-17)16-18-12-8-5-9-13-18/h4-13H,2-3,14-16H2,1H3/q+1. The molecule has 100 valence electrons. The third kappa shape index (κ3) is 5.12. The van der Waals surface area contributed by atoms with Gasteiger partial charge in [0.05, 0.1) is 0 Å². The van der Waals surface area contributed by atoms with Gasteiger partial charge >= 0.3 is 0 Å². The lowest BCUT2D eigenvalue weighted by Crippen LogP contribution is -2.13. The Labute approximate surface area is 120 Å². The quantitative estimate of drug-likeness (QED) is 0.634. The number of benzene rings is 2. The molecule has 2 rings (SSSR count). The normalized spacial score (nSPS) is 10.8. The van der Waals surface area contributed by atoms with Gasteiger partial charge in [0.2, 0.25) is 0 Å². The smallest absolute Gasteiger partial charge is 0.0652 e. The van der Waals surface area contributed by atoms with Crippen LogP contribution in [0.4, 0.5) is 0 Å². The fraction of sp³-hybridized carbons (Fsp3) is 0.333. The van der Waals surface area contributed by atoms with Crippen LogP contribution in [0.1, 0.15) is 30.9 Å². The van der Waals surface area contributed by atoms with Crippen molar-refractivity contribution in [1.29, 1.82) is 0 Å². The van der Waals surface area contributed by atoms with E-state index >= 15 is 0 Å². The zero-order chi connectivity index (χ0) is 13.3. The van der Waals surface area contributed by atoms with Gasteiger partial charge in [-0.1, -0.05) is 74.0 Å². The molecule has 0 unspecified atom stereocenters. The third-order valence-corrected chi connectivity index (χ3v) is 5.56. The molecule has 2 aromatic rings. The summed E-state index contributed by atoms with van der Waals surface area (Å²) < 4.78 is 0. The fourth-order valence-electron chi connectivity index (χ4n) is 2.16. The van der Waals surface area contributed by atoms with Gasteiger partial charge in [-0.2, -0.15) is 0 Å². The first-order valence-corrected chi connectivity index (χ1v) is 8.83. The Kier molecular flexibility index (Phi) is 6.03. The molecule has 0 amide bonds. The van der Waals surface area contributed by atoms with Gasteiger partial charge in [0.25, 0.3) is 0 Å². The highest BCUT2D eigenvalue weighted by molar-refractivity contribution is 7.95. The van der Waals surface area contributed by atoms with Gasteiger partial charge in [-0.25, -0.2) is 0 Å². The maximum absolute atomic E-state index is 2.28. The highest BCUT2D eigenvalue weighted by atomic mass is 32.2. The number of hydrogen-bond donors (Lipinski definition) is 0. The summed E-state index contributed by atoms with van der Waals surface area (Å²) in [7, 11) is 0.474. The van der Waals surface area contributed by atoms with Crippen LogP contribution < -0.4 is 0 Å². The van der Waals surface area contributed by atoms with Crippen LogP contribution in [0.2, 0.25) is 0 Å². The van der Waals surface area contributed by atoms with E-state index in [1.807, 2.05) is 0 Å².